The lowest BCUT2D eigenvalue weighted by atomic mass is 9.85. The van der Waals surface area contributed by atoms with E-state index < -0.39 is 0 Å². The SMILES string of the molecule is CC.Nc1ccc(C2CCN3CCCC3C2)cc1. The van der Waals surface area contributed by atoms with Crippen molar-refractivity contribution in [2.75, 3.05) is 18.8 Å². The number of nitrogens with zero attached hydrogens (tertiary/aromatic N) is 1. The van der Waals surface area contributed by atoms with E-state index in [-0.39, 0.29) is 0 Å². The van der Waals surface area contributed by atoms with Gasteiger partial charge in [0.05, 0.1) is 0 Å². The van der Waals surface area contributed by atoms with Gasteiger partial charge in [0.1, 0.15) is 0 Å². The number of anilines is 1. The maximum Gasteiger partial charge on any atom is 0.0314 e. The minimum Gasteiger partial charge on any atom is -0.399 e. The lowest BCUT2D eigenvalue weighted by Gasteiger charge is -2.35. The topological polar surface area (TPSA) is 29.3 Å². The molecule has 2 nitrogen and oxygen atoms in total. The number of nitrogen functional groups attached to an aromatic ring is 1. The van der Waals surface area contributed by atoms with Crippen LogP contribution in [0, 0.1) is 0 Å². The summed E-state index contributed by atoms with van der Waals surface area (Å²) in [5, 5.41) is 0. The summed E-state index contributed by atoms with van der Waals surface area (Å²) in [5.74, 6) is 0.764. The number of fused-ring (bicyclic) bond motifs is 1. The first-order valence-corrected chi connectivity index (χ1v) is 7.42. The fourth-order valence-corrected chi connectivity index (χ4v) is 3.30. The van der Waals surface area contributed by atoms with Crippen LogP contribution in [0.5, 0.6) is 0 Å². The Kier molecular flexibility index (Phi) is 4.65. The molecule has 0 radical (unpaired) electrons. The lowest BCUT2D eigenvalue weighted by Crippen LogP contribution is -2.37. The van der Waals surface area contributed by atoms with Crippen molar-refractivity contribution in [3.63, 3.8) is 0 Å². The zero-order chi connectivity index (χ0) is 13.0. The van der Waals surface area contributed by atoms with Gasteiger partial charge in [-0.2, -0.15) is 0 Å². The highest BCUT2D eigenvalue weighted by Crippen LogP contribution is 2.36. The largest absolute Gasteiger partial charge is 0.399 e. The van der Waals surface area contributed by atoms with Gasteiger partial charge in [-0.25, -0.2) is 0 Å². The van der Waals surface area contributed by atoms with E-state index in [1.807, 2.05) is 26.0 Å². The Hall–Kier alpha value is -1.02. The van der Waals surface area contributed by atoms with Gasteiger partial charge in [-0.05, 0) is 62.4 Å². The number of benzene rings is 1. The van der Waals surface area contributed by atoms with Crippen LogP contribution in [-0.2, 0) is 0 Å². The normalized spacial score (nSPS) is 27.2. The van der Waals surface area contributed by atoms with Gasteiger partial charge in [0, 0.05) is 11.7 Å². The fourth-order valence-electron chi connectivity index (χ4n) is 3.30. The van der Waals surface area contributed by atoms with Crippen LogP contribution in [0.4, 0.5) is 5.69 Å². The van der Waals surface area contributed by atoms with Crippen molar-refractivity contribution in [2.45, 2.75) is 51.5 Å². The van der Waals surface area contributed by atoms with E-state index in [0.29, 0.717) is 0 Å². The highest BCUT2D eigenvalue weighted by atomic mass is 15.2. The van der Waals surface area contributed by atoms with Crippen molar-refractivity contribution < 1.29 is 0 Å². The summed E-state index contributed by atoms with van der Waals surface area (Å²) in [6.45, 7) is 6.62. The summed E-state index contributed by atoms with van der Waals surface area (Å²) in [7, 11) is 0. The molecule has 2 heteroatoms. The molecule has 2 aliphatic heterocycles. The molecule has 0 saturated carbocycles. The summed E-state index contributed by atoms with van der Waals surface area (Å²) >= 11 is 0. The average Bonchev–Trinajstić information content (AvgIpc) is 2.89. The molecule has 0 spiro atoms. The first-order chi connectivity index (χ1) is 8.83. The summed E-state index contributed by atoms with van der Waals surface area (Å²) < 4.78 is 0. The minimum atomic E-state index is 0.764. The van der Waals surface area contributed by atoms with Crippen LogP contribution < -0.4 is 5.73 Å². The maximum absolute atomic E-state index is 5.73. The van der Waals surface area contributed by atoms with Gasteiger partial charge in [-0.3, -0.25) is 0 Å². The van der Waals surface area contributed by atoms with Gasteiger partial charge in [-0.1, -0.05) is 26.0 Å². The van der Waals surface area contributed by atoms with E-state index in [4.69, 9.17) is 5.73 Å². The van der Waals surface area contributed by atoms with E-state index in [1.165, 1.54) is 44.3 Å². The van der Waals surface area contributed by atoms with Gasteiger partial charge >= 0.3 is 0 Å². The first-order valence-electron chi connectivity index (χ1n) is 7.42. The zero-order valence-corrected chi connectivity index (χ0v) is 11.7. The summed E-state index contributed by atoms with van der Waals surface area (Å²) in [5.41, 5.74) is 8.10. The van der Waals surface area contributed by atoms with Crippen LogP contribution in [-0.4, -0.2) is 24.0 Å². The lowest BCUT2D eigenvalue weighted by molar-refractivity contribution is 0.181. The molecular formula is C16H26N2. The molecule has 1 aromatic rings. The second-order valence-electron chi connectivity index (χ2n) is 5.22. The third-order valence-corrected chi connectivity index (χ3v) is 4.23. The molecule has 0 amide bonds. The summed E-state index contributed by atoms with van der Waals surface area (Å²) in [6.07, 6.45) is 5.48. The predicted octanol–water partition coefficient (Wildman–Crippen LogP) is 3.64. The predicted molar refractivity (Wildman–Crippen MR) is 78.8 cm³/mol. The number of hydrogen-bond acceptors (Lipinski definition) is 2. The Morgan fingerprint density at radius 2 is 1.78 bits per heavy atom. The molecule has 0 bridgehead atoms. The molecular weight excluding hydrogens is 220 g/mol. The second kappa shape index (κ2) is 6.24. The molecule has 2 N–H and O–H groups in total. The van der Waals surface area contributed by atoms with Crippen LogP contribution in [0.2, 0.25) is 0 Å². The molecule has 2 heterocycles. The monoisotopic (exact) mass is 246 g/mol. The van der Waals surface area contributed by atoms with E-state index >= 15 is 0 Å². The van der Waals surface area contributed by atoms with Crippen LogP contribution in [0.1, 0.15) is 51.0 Å². The van der Waals surface area contributed by atoms with Crippen LogP contribution in [0.15, 0.2) is 24.3 Å². The zero-order valence-electron chi connectivity index (χ0n) is 11.7. The molecule has 2 fully saturated rings. The van der Waals surface area contributed by atoms with Gasteiger partial charge in [0.2, 0.25) is 0 Å². The molecule has 2 unspecified atom stereocenters. The van der Waals surface area contributed by atoms with Crippen molar-refractivity contribution in [1.29, 1.82) is 0 Å². The van der Waals surface area contributed by atoms with Crippen LogP contribution in [0.3, 0.4) is 0 Å². The molecule has 2 atom stereocenters. The number of hydrogen-bond donors (Lipinski definition) is 1. The highest BCUT2D eigenvalue weighted by molar-refractivity contribution is 5.40. The van der Waals surface area contributed by atoms with Crippen molar-refractivity contribution in [3.8, 4) is 0 Å². The third kappa shape index (κ3) is 2.86. The third-order valence-electron chi connectivity index (χ3n) is 4.23. The molecule has 1 aromatic carbocycles. The summed E-state index contributed by atoms with van der Waals surface area (Å²) in [6, 6.07) is 9.36. The van der Waals surface area contributed by atoms with Gasteiger partial charge in [0.25, 0.3) is 0 Å². The summed E-state index contributed by atoms with van der Waals surface area (Å²) in [4.78, 5) is 2.67. The molecule has 100 valence electrons. The van der Waals surface area contributed by atoms with E-state index in [2.05, 4.69) is 17.0 Å². The van der Waals surface area contributed by atoms with Crippen LogP contribution >= 0.6 is 0 Å². The Morgan fingerprint density at radius 1 is 1.06 bits per heavy atom. The Bertz CT molecular complexity index is 358. The smallest absolute Gasteiger partial charge is 0.0314 e. The Labute approximate surface area is 111 Å². The Morgan fingerprint density at radius 3 is 2.50 bits per heavy atom. The maximum atomic E-state index is 5.73. The van der Waals surface area contributed by atoms with Crippen molar-refractivity contribution in [3.05, 3.63) is 29.8 Å². The van der Waals surface area contributed by atoms with Crippen molar-refractivity contribution in [1.82, 2.24) is 4.90 Å². The Balaban J connectivity index is 0.000000574. The van der Waals surface area contributed by atoms with E-state index in [0.717, 1.165) is 17.6 Å². The number of nitrogens with two attached hydrogens (primary N) is 1. The molecule has 0 aromatic heterocycles. The van der Waals surface area contributed by atoms with E-state index in [1.54, 1.807) is 0 Å². The first kappa shape index (κ1) is 13.4. The van der Waals surface area contributed by atoms with Crippen LogP contribution in [0.25, 0.3) is 0 Å². The molecule has 2 saturated heterocycles. The van der Waals surface area contributed by atoms with E-state index in [9.17, 15) is 0 Å². The average molecular weight is 246 g/mol. The second-order valence-corrected chi connectivity index (χ2v) is 5.22. The molecule has 2 aliphatic rings. The van der Waals surface area contributed by atoms with Crippen molar-refractivity contribution >= 4 is 5.69 Å². The molecule has 0 aliphatic carbocycles. The van der Waals surface area contributed by atoms with Gasteiger partial charge in [0.15, 0.2) is 0 Å². The van der Waals surface area contributed by atoms with Crippen molar-refractivity contribution in [2.24, 2.45) is 0 Å². The molecule has 3 rings (SSSR count). The minimum absolute atomic E-state index is 0.764. The van der Waals surface area contributed by atoms with Gasteiger partial charge < -0.3 is 10.6 Å². The number of piperidine rings is 1. The quantitative estimate of drug-likeness (QED) is 0.767. The standard InChI is InChI=1S/C14H20N2.C2H6/c15-13-5-3-11(4-6-13)12-7-9-16-8-1-2-14(16)10-12;1-2/h3-6,12,14H,1-2,7-10,15H2;1-2H3. The highest BCUT2D eigenvalue weighted by Gasteiger charge is 2.31. The molecule has 18 heavy (non-hydrogen) atoms. The van der Waals surface area contributed by atoms with Gasteiger partial charge in [-0.15, -0.1) is 0 Å². The fraction of sp³-hybridized carbons (Fsp3) is 0.625. The number of rotatable bonds is 1.